The van der Waals surface area contributed by atoms with Crippen LogP contribution in [-0.4, -0.2) is 28.0 Å². The molecule has 0 spiro atoms. The number of H-pyrrole nitrogens is 1. The Labute approximate surface area is 116 Å². The predicted octanol–water partition coefficient (Wildman–Crippen LogP) is 2.15. The van der Waals surface area contributed by atoms with Crippen LogP contribution in [0.25, 0.3) is 10.9 Å². The normalized spacial score (nSPS) is 22.0. The van der Waals surface area contributed by atoms with Crippen LogP contribution in [0.5, 0.6) is 0 Å². The second-order valence-electron chi connectivity index (χ2n) is 5.20. The zero-order valence-corrected chi connectivity index (χ0v) is 10.9. The third kappa shape index (κ3) is 2.15. The third-order valence-electron chi connectivity index (χ3n) is 3.99. The van der Waals surface area contributed by atoms with E-state index < -0.39 is 11.9 Å². The molecule has 0 bridgehead atoms. The van der Waals surface area contributed by atoms with Crippen molar-refractivity contribution in [2.75, 3.05) is 0 Å². The number of carboxylic acid groups (broad SMARTS) is 1. The van der Waals surface area contributed by atoms with Gasteiger partial charge in [0.25, 0.3) is 5.91 Å². The summed E-state index contributed by atoms with van der Waals surface area (Å²) in [7, 11) is 0. The molecule has 1 amide bonds. The summed E-state index contributed by atoms with van der Waals surface area (Å²) >= 11 is 0. The van der Waals surface area contributed by atoms with Crippen LogP contribution in [0.1, 0.15) is 29.6 Å². The summed E-state index contributed by atoms with van der Waals surface area (Å²) < 4.78 is 0. The van der Waals surface area contributed by atoms with Gasteiger partial charge in [-0.15, -0.1) is 0 Å². The van der Waals surface area contributed by atoms with Crippen LogP contribution in [0.15, 0.2) is 30.5 Å². The molecular weight excluding hydrogens is 256 g/mol. The number of carbonyl (C=O) groups is 2. The predicted molar refractivity (Wildman–Crippen MR) is 74.5 cm³/mol. The quantitative estimate of drug-likeness (QED) is 0.800. The van der Waals surface area contributed by atoms with Crippen molar-refractivity contribution in [1.29, 1.82) is 0 Å². The molecule has 1 aliphatic rings. The van der Waals surface area contributed by atoms with Crippen molar-refractivity contribution >= 4 is 22.8 Å². The van der Waals surface area contributed by atoms with Gasteiger partial charge in [-0.1, -0.05) is 12.5 Å². The van der Waals surface area contributed by atoms with Crippen LogP contribution < -0.4 is 5.32 Å². The Morgan fingerprint density at radius 1 is 1.25 bits per heavy atom. The highest BCUT2D eigenvalue weighted by Gasteiger charge is 2.34. The molecule has 0 saturated heterocycles. The minimum absolute atomic E-state index is 0.201. The highest BCUT2D eigenvalue weighted by Crippen LogP contribution is 2.26. The highest BCUT2D eigenvalue weighted by atomic mass is 16.4. The largest absolute Gasteiger partial charge is 0.481 e. The smallest absolute Gasteiger partial charge is 0.308 e. The number of nitrogens with one attached hydrogen (secondary N) is 2. The summed E-state index contributed by atoms with van der Waals surface area (Å²) in [6.07, 6.45) is 3.99. The Morgan fingerprint density at radius 3 is 2.90 bits per heavy atom. The first kappa shape index (κ1) is 12.7. The van der Waals surface area contributed by atoms with E-state index in [4.69, 9.17) is 5.11 Å². The lowest BCUT2D eigenvalue weighted by atomic mass is 10.0. The molecule has 20 heavy (non-hydrogen) atoms. The van der Waals surface area contributed by atoms with E-state index in [9.17, 15) is 9.59 Å². The lowest BCUT2D eigenvalue weighted by Crippen LogP contribution is -2.40. The van der Waals surface area contributed by atoms with Gasteiger partial charge in [-0.05, 0) is 31.0 Å². The third-order valence-corrected chi connectivity index (χ3v) is 3.99. The first-order valence-electron chi connectivity index (χ1n) is 6.76. The number of carboxylic acids is 1. The first-order valence-corrected chi connectivity index (χ1v) is 6.76. The van der Waals surface area contributed by atoms with Crippen LogP contribution in [0, 0.1) is 5.92 Å². The number of hydrogen-bond acceptors (Lipinski definition) is 2. The average molecular weight is 272 g/mol. The molecule has 5 nitrogen and oxygen atoms in total. The summed E-state index contributed by atoms with van der Waals surface area (Å²) in [5, 5.41) is 12.9. The first-order chi connectivity index (χ1) is 9.66. The van der Waals surface area contributed by atoms with Gasteiger partial charge in [0.05, 0.1) is 5.92 Å². The fraction of sp³-hybridized carbons (Fsp3) is 0.333. The minimum Gasteiger partial charge on any atom is -0.481 e. The van der Waals surface area contributed by atoms with Gasteiger partial charge < -0.3 is 15.4 Å². The molecule has 1 heterocycles. The van der Waals surface area contributed by atoms with Crippen LogP contribution in [-0.2, 0) is 4.79 Å². The summed E-state index contributed by atoms with van der Waals surface area (Å²) in [5.74, 6) is -1.50. The summed E-state index contributed by atoms with van der Waals surface area (Å²) in [4.78, 5) is 26.6. The van der Waals surface area contributed by atoms with Crippen LogP contribution in [0.2, 0.25) is 0 Å². The molecule has 1 aliphatic carbocycles. The maximum absolute atomic E-state index is 12.4. The number of amides is 1. The van der Waals surface area contributed by atoms with E-state index >= 15 is 0 Å². The molecule has 2 aromatic rings. The average Bonchev–Trinajstić information content (AvgIpc) is 3.05. The maximum atomic E-state index is 12.4. The second-order valence-corrected chi connectivity index (χ2v) is 5.20. The number of hydrogen-bond donors (Lipinski definition) is 3. The van der Waals surface area contributed by atoms with Crippen LogP contribution in [0.4, 0.5) is 0 Å². The SMILES string of the molecule is O=C(NC1CCCC1C(=O)O)c1cccc2[nH]ccc12. The van der Waals surface area contributed by atoms with E-state index in [1.54, 1.807) is 12.3 Å². The molecule has 104 valence electrons. The molecule has 1 aromatic heterocycles. The van der Waals surface area contributed by atoms with Crippen molar-refractivity contribution in [3.8, 4) is 0 Å². The van der Waals surface area contributed by atoms with Gasteiger partial charge in [0.1, 0.15) is 0 Å². The number of aliphatic carboxylic acids is 1. The zero-order valence-electron chi connectivity index (χ0n) is 10.9. The van der Waals surface area contributed by atoms with Crippen LogP contribution >= 0.6 is 0 Å². The molecule has 3 N–H and O–H groups in total. The van der Waals surface area contributed by atoms with Crippen molar-refractivity contribution in [3.05, 3.63) is 36.0 Å². The minimum atomic E-state index is -0.826. The standard InChI is InChI=1S/C15H16N2O3/c18-14(17-13-6-2-4-11(13)15(19)20)10-3-1-5-12-9(10)7-8-16-12/h1,3,5,7-8,11,13,16H,2,4,6H2,(H,17,18)(H,19,20). The zero-order chi connectivity index (χ0) is 14.1. The van der Waals surface area contributed by atoms with Gasteiger partial charge in [0.2, 0.25) is 0 Å². The molecule has 1 fully saturated rings. The van der Waals surface area contributed by atoms with Gasteiger partial charge in [-0.3, -0.25) is 9.59 Å². The van der Waals surface area contributed by atoms with E-state index in [1.807, 2.05) is 18.2 Å². The Morgan fingerprint density at radius 2 is 2.10 bits per heavy atom. The Kier molecular flexibility index (Phi) is 3.18. The van der Waals surface area contributed by atoms with Crippen LogP contribution in [0.3, 0.4) is 0 Å². The number of rotatable bonds is 3. The molecule has 2 atom stereocenters. The summed E-state index contributed by atoms with van der Waals surface area (Å²) in [6.45, 7) is 0. The summed E-state index contributed by atoms with van der Waals surface area (Å²) in [5.41, 5.74) is 1.48. The number of aromatic amines is 1. The van der Waals surface area contributed by atoms with Gasteiger partial charge >= 0.3 is 5.97 Å². The van der Waals surface area contributed by atoms with E-state index in [-0.39, 0.29) is 11.9 Å². The van der Waals surface area contributed by atoms with Crippen molar-refractivity contribution in [2.45, 2.75) is 25.3 Å². The molecule has 5 heteroatoms. The molecule has 1 saturated carbocycles. The Bertz CT molecular complexity index is 662. The van der Waals surface area contributed by atoms with Crippen molar-refractivity contribution in [1.82, 2.24) is 10.3 Å². The number of carbonyl (C=O) groups excluding carboxylic acids is 1. The highest BCUT2D eigenvalue weighted by molar-refractivity contribution is 6.06. The van der Waals surface area contributed by atoms with Gasteiger partial charge in [-0.2, -0.15) is 0 Å². The molecular formula is C15H16N2O3. The monoisotopic (exact) mass is 272 g/mol. The lowest BCUT2D eigenvalue weighted by Gasteiger charge is -2.17. The van der Waals surface area contributed by atoms with E-state index in [0.717, 1.165) is 23.7 Å². The number of fused-ring (bicyclic) bond motifs is 1. The molecule has 3 rings (SSSR count). The van der Waals surface area contributed by atoms with Crippen molar-refractivity contribution in [2.24, 2.45) is 5.92 Å². The number of aromatic nitrogens is 1. The molecule has 2 unspecified atom stereocenters. The second kappa shape index (κ2) is 5.00. The number of benzene rings is 1. The molecule has 1 aromatic carbocycles. The fourth-order valence-electron chi connectivity index (χ4n) is 2.96. The van der Waals surface area contributed by atoms with E-state index in [2.05, 4.69) is 10.3 Å². The topological polar surface area (TPSA) is 82.2 Å². The van der Waals surface area contributed by atoms with E-state index in [1.165, 1.54) is 0 Å². The van der Waals surface area contributed by atoms with Crippen molar-refractivity contribution in [3.63, 3.8) is 0 Å². The van der Waals surface area contributed by atoms with Gasteiger partial charge in [0.15, 0.2) is 0 Å². The van der Waals surface area contributed by atoms with Gasteiger partial charge in [-0.25, -0.2) is 0 Å². The van der Waals surface area contributed by atoms with Gasteiger partial charge in [0, 0.05) is 28.7 Å². The molecule has 0 aliphatic heterocycles. The molecule has 0 radical (unpaired) electrons. The fourth-order valence-corrected chi connectivity index (χ4v) is 2.96. The Hall–Kier alpha value is -2.30. The Balaban J connectivity index is 1.83. The van der Waals surface area contributed by atoms with Crippen molar-refractivity contribution < 1.29 is 14.7 Å². The lowest BCUT2D eigenvalue weighted by molar-refractivity contribution is -0.142. The van der Waals surface area contributed by atoms with E-state index in [0.29, 0.717) is 12.0 Å². The summed E-state index contributed by atoms with van der Waals surface area (Å²) in [6, 6.07) is 7.07. The maximum Gasteiger partial charge on any atom is 0.308 e.